The van der Waals surface area contributed by atoms with Crippen molar-refractivity contribution < 1.29 is 135 Å². The molecule has 0 aromatic carbocycles. The van der Waals surface area contributed by atoms with E-state index in [9.17, 15) is 67.1 Å². The Balaban J connectivity index is 5.59. The van der Waals surface area contributed by atoms with Crippen molar-refractivity contribution in [2.45, 2.75) is 192 Å². The molecule has 0 aliphatic rings. The van der Waals surface area contributed by atoms with Crippen molar-refractivity contribution in [1.29, 1.82) is 0 Å². The lowest BCUT2D eigenvalue weighted by Crippen LogP contribution is -2.32. The van der Waals surface area contributed by atoms with Gasteiger partial charge < -0.3 is 67.8 Å². The molecule has 0 saturated heterocycles. The Kier molecular flexibility index (Phi) is 41.3. The summed E-state index contributed by atoms with van der Waals surface area (Å²) in [5.41, 5.74) is 0. The number of carboxylic acids is 4. The molecule has 0 fully saturated rings. The van der Waals surface area contributed by atoms with Gasteiger partial charge in [-0.3, -0.25) is 67.1 Å². The second kappa shape index (κ2) is 45.6. The van der Waals surface area contributed by atoms with E-state index in [1.54, 1.807) is 0 Å². The van der Waals surface area contributed by atoms with E-state index < -0.39 is 231 Å². The Hall–Kier alpha value is -7.42. The van der Waals surface area contributed by atoms with E-state index >= 15 is 0 Å². The van der Waals surface area contributed by atoms with Crippen LogP contribution in [0.15, 0.2) is 0 Å². The van der Waals surface area contributed by atoms with Gasteiger partial charge in [-0.05, 0) is 6.42 Å². The van der Waals surface area contributed by atoms with Crippen LogP contribution < -0.4 is 0 Å². The minimum atomic E-state index is -1.54. The highest BCUT2D eigenvalue weighted by molar-refractivity contribution is 5.81. The first kappa shape index (κ1) is 71.6. The summed E-state index contributed by atoms with van der Waals surface area (Å²) in [4.78, 5) is 167. The monoisotopic (exact) mass is 1140 g/mol. The van der Waals surface area contributed by atoms with Crippen LogP contribution in [0, 0.1) is 0 Å². The fourth-order valence-corrected chi connectivity index (χ4v) is 6.28. The first-order valence-electron chi connectivity index (χ1n) is 26.1. The van der Waals surface area contributed by atoms with Gasteiger partial charge in [0.15, 0.2) is 18.3 Å². The van der Waals surface area contributed by atoms with Crippen LogP contribution in [0.2, 0.25) is 0 Å². The molecule has 0 aromatic heterocycles. The molecule has 448 valence electrons. The predicted octanol–water partition coefficient (Wildman–Crippen LogP) is 4.03. The average Bonchev–Trinajstić information content (AvgIpc) is 3.39. The topological polar surface area (TPSA) is 412 Å². The molecule has 0 aliphatic heterocycles. The van der Waals surface area contributed by atoms with Gasteiger partial charge in [-0.1, -0.05) is 77.6 Å². The maximum atomic E-state index is 12.9. The molecule has 0 spiro atoms. The SMILES string of the molecule is CCCCCCCCCCCCCCOC(=O)CCC(=O)OC(COC(=O)CCC(=O)OC(COC(=O)CCC(=O)O)COC(=O)CCC(=O)O)COC(=O)CCC(=O)OC(COC(=O)CCC(=O)O)COC(=O)CCC(=O)O. The molecule has 0 radical (unpaired) electrons. The van der Waals surface area contributed by atoms with Gasteiger partial charge in [0, 0.05) is 0 Å². The number of hydrogen-bond donors (Lipinski definition) is 4. The van der Waals surface area contributed by atoms with E-state index in [-0.39, 0.29) is 6.61 Å². The molecule has 0 amide bonds. The number of carboxylic acid groups (broad SMARTS) is 4. The van der Waals surface area contributed by atoms with E-state index in [2.05, 4.69) is 6.92 Å². The summed E-state index contributed by atoms with van der Waals surface area (Å²) in [6.45, 7) is -2.18. The lowest BCUT2D eigenvalue weighted by molar-refractivity contribution is -0.170. The number of ether oxygens (including phenoxy) is 10. The summed E-state index contributed by atoms with van der Waals surface area (Å²) in [6.07, 6.45) is 0.511. The predicted molar refractivity (Wildman–Crippen MR) is 263 cm³/mol. The quantitative estimate of drug-likeness (QED) is 0.0379. The van der Waals surface area contributed by atoms with Gasteiger partial charge in [-0.15, -0.1) is 0 Å². The summed E-state index contributed by atoms with van der Waals surface area (Å²) >= 11 is 0. The van der Waals surface area contributed by atoms with E-state index in [0.29, 0.717) is 6.42 Å². The van der Waals surface area contributed by atoms with Crippen LogP contribution in [0.4, 0.5) is 0 Å². The van der Waals surface area contributed by atoms with Gasteiger partial charge in [0.05, 0.1) is 96.5 Å². The molecule has 79 heavy (non-hydrogen) atoms. The van der Waals surface area contributed by atoms with Crippen LogP contribution in [0.1, 0.15) is 174 Å². The number of rotatable bonds is 49. The highest BCUT2D eigenvalue weighted by atomic mass is 16.6. The summed E-state index contributed by atoms with van der Waals surface area (Å²) < 4.78 is 50.6. The number of esters is 10. The molecule has 0 rings (SSSR count). The van der Waals surface area contributed by atoms with Crippen molar-refractivity contribution in [3.05, 3.63) is 0 Å². The molecular formula is C51H76O28. The third kappa shape index (κ3) is 46.4. The van der Waals surface area contributed by atoms with Crippen LogP contribution in [0.25, 0.3) is 0 Å². The van der Waals surface area contributed by atoms with E-state index in [4.69, 9.17) is 67.8 Å². The summed E-state index contributed by atoms with van der Waals surface area (Å²) in [6, 6.07) is 0. The maximum Gasteiger partial charge on any atom is 0.306 e. The molecule has 0 saturated carbocycles. The first-order valence-corrected chi connectivity index (χ1v) is 26.1. The lowest BCUT2D eigenvalue weighted by atomic mass is 10.1. The zero-order chi connectivity index (χ0) is 59.2. The molecule has 28 nitrogen and oxygen atoms in total. The Labute approximate surface area is 456 Å². The van der Waals surface area contributed by atoms with Gasteiger partial charge in [-0.2, -0.15) is 0 Å². The smallest absolute Gasteiger partial charge is 0.306 e. The summed E-state index contributed by atoms with van der Waals surface area (Å²) in [5.74, 6) is -15.4. The fraction of sp³-hybridized carbons (Fsp3) is 0.725. The fourth-order valence-electron chi connectivity index (χ4n) is 6.28. The highest BCUT2D eigenvalue weighted by Gasteiger charge is 2.25. The Morgan fingerprint density at radius 1 is 0.253 bits per heavy atom. The Bertz CT molecular complexity index is 1770. The van der Waals surface area contributed by atoms with Crippen molar-refractivity contribution in [3.8, 4) is 0 Å². The largest absolute Gasteiger partial charge is 0.481 e. The van der Waals surface area contributed by atoms with E-state index in [1.807, 2.05) is 0 Å². The maximum absolute atomic E-state index is 12.9. The first-order chi connectivity index (χ1) is 37.6. The van der Waals surface area contributed by atoms with Gasteiger partial charge >= 0.3 is 83.6 Å². The number of unbranched alkanes of at least 4 members (excludes halogenated alkanes) is 11. The molecule has 4 N–H and O–H groups in total. The van der Waals surface area contributed by atoms with Crippen molar-refractivity contribution in [2.75, 3.05) is 46.2 Å². The minimum absolute atomic E-state index is 0.135. The average molecular weight is 1140 g/mol. The third-order valence-electron chi connectivity index (χ3n) is 10.5. The lowest BCUT2D eigenvalue weighted by Gasteiger charge is -2.19. The van der Waals surface area contributed by atoms with Crippen molar-refractivity contribution in [1.82, 2.24) is 0 Å². The molecule has 0 unspecified atom stereocenters. The van der Waals surface area contributed by atoms with E-state index in [1.165, 1.54) is 44.9 Å². The molecule has 0 bridgehead atoms. The molecule has 28 heteroatoms. The van der Waals surface area contributed by atoms with Crippen LogP contribution >= 0.6 is 0 Å². The van der Waals surface area contributed by atoms with Crippen LogP contribution in [0.5, 0.6) is 0 Å². The molecule has 0 aliphatic carbocycles. The standard InChI is InChI=1S/C51H76O28/c1-2-3-4-5-6-7-8-9-10-11-12-13-28-70-42(60)22-25-49(67)77-37(33-75-47(65)23-26-50(68)78-35(29-71-43(61)18-14-38(52)53)30-72-44(62)19-15-39(54)55)34-76-48(66)24-27-51(69)79-36(31-73-45(63)20-16-40(56)57)32-74-46(64)21-17-41(58)59/h35-37H,2-34H2,1H3,(H,52,53)(H,54,55)(H,56,57)(H,58,59). The van der Waals surface area contributed by atoms with Crippen molar-refractivity contribution >= 4 is 83.6 Å². The second-order valence-corrected chi connectivity index (χ2v) is 17.6. The van der Waals surface area contributed by atoms with E-state index in [0.717, 1.165) is 25.7 Å². The number of carbonyl (C=O) groups is 14. The number of aliphatic carboxylic acids is 4. The number of hydrogen-bond acceptors (Lipinski definition) is 24. The molecule has 0 aromatic rings. The third-order valence-corrected chi connectivity index (χ3v) is 10.5. The Morgan fingerprint density at radius 3 is 0.671 bits per heavy atom. The van der Waals surface area contributed by atoms with Crippen LogP contribution in [0.3, 0.4) is 0 Å². The molecular weight excluding hydrogens is 1060 g/mol. The van der Waals surface area contributed by atoms with Crippen molar-refractivity contribution in [3.63, 3.8) is 0 Å². The molecule has 0 atom stereocenters. The zero-order valence-corrected chi connectivity index (χ0v) is 44.7. The Morgan fingerprint density at radius 2 is 0.443 bits per heavy atom. The summed E-state index contributed by atoms with van der Waals surface area (Å²) in [5, 5.41) is 35.2. The van der Waals surface area contributed by atoms with Gasteiger partial charge in [0.2, 0.25) is 0 Å². The normalized spacial score (nSPS) is 10.7. The minimum Gasteiger partial charge on any atom is -0.481 e. The van der Waals surface area contributed by atoms with Gasteiger partial charge in [0.1, 0.15) is 39.6 Å². The number of carbonyl (C=O) groups excluding carboxylic acids is 10. The van der Waals surface area contributed by atoms with Gasteiger partial charge in [-0.25, -0.2) is 0 Å². The van der Waals surface area contributed by atoms with Gasteiger partial charge in [0.25, 0.3) is 0 Å². The van der Waals surface area contributed by atoms with Crippen LogP contribution in [-0.4, -0.2) is 169 Å². The molecule has 0 heterocycles. The van der Waals surface area contributed by atoms with Crippen LogP contribution in [-0.2, 0) is 114 Å². The van der Waals surface area contributed by atoms with Crippen molar-refractivity contribution in [2.24, 2.45) is 0 Å². The highest BCUT2D eigenvalue weighted by Crippen LogP contribution is 2.13. The summed E-state index contributed by atoms with van der Waals surface area (Å²) in [7, 11) is 0. The zero-order valence-electron chi connectivity index (χ0n) is 44.7. The second-order valence-electron chi connectivity index (χ2n) is 17.6.